The summed E-state index contributed by atoms with van der Waals surface area (Å²) in [5.74, 6) is 0. The van der Waals surface area contributed by atoms with Crippen molar-refractivity contribution in [2.24, 2.45) is 0 Å². The largest absolute Gasteiger partial charge is 0.252 e. The Labute approximate surface area is 354 Å². The van der Waals surface area contributed by atoms with Crippen molar-refractivity contribution in [1.29, 1.82) is 0 Å². The molecule has 0 saturated heterocycles. The third kappa shape index (κ3) is 6.64. The number of thiophene rings is 2. The highest BCUT2D eigenvalue weighted by molar-refractivity contribution is 9.11. The van der Waals surface area contributed by atoms with E-state index >= 15 is 0 Å². The maximum absolute atomic E-state index is 4.95. The molecule has 55 heavy (non-hydrogen) atoms. The Morgan fingerprint density at radius 3 is 1.36 bits per heavy atom. The molecular weight excluding hydrogens is 889 g/mol. The van der Waals surface area contributed by atoms with Gasteiger partial charge in [0, 0.05) is 12.4 Å². The highest BCUT2D eigenvalue weighted by Crippen LogP contribution is 2.63. The maximum Gasteiger partial charge on any atom is 0.133 e. The van der Waals surface area contributed by atoms with Crippen molar-refractivity contribution >= 4 is 100 Å². The number of unbranched alkanes of at least 4 members (excludes halogenated alkanes) is 6. The van der Waals surface area contributed by atoms with Crippen LogP contribution in [-0.2, 0) is 18.3 Å². The van der Waals surface area contributed by atoms with E-state index in [9.17, 15) is 0 Å². The Kier molecular flexibility index (Phi) is 10.8. The first kappa shape index (κ1) is 37.3. The van der Waals surface area contributed by atoms with E-state index in [0.717, 1.165) is 65.0 Å². The number of hydrogen-bond donors (Lipinski definition) is 0. The van der Waals surface area contributed by atoms with Crippen molar-refractivity contribution in [1.82, 2.24) is 27.5 Å². The Balaban J connectivity index is 1.26. The molecule has 0 aliphatic heterocycles. The van der Waals surface area contributed by atoms with Gasteiger partial charge in [-0.15, -0.1) is 22.7 Å². The van der Waals surface area contributed by atoms with Gasteiger partial charge >= 0.3 is 0 Å². The highest BCUT2D eigenvalue weighted by atomic mass is 79.9. The van der Waals surface area contributed by atoms with Gasteiger partial charge in [0.1, 0.15) is 33.5 Å². The molecule has 0 saturated carbocycles. The van der Waals surface area contributed by atoms with Gasteiger partial charge in [0.25, 0.3) is 0 Å². The van der Waals surface area contributed by atoms with Crippen LogP contribution in [0.4, 0.5) is 0 Å². The molecule has 0 spiro atoms. The topological polar surface area (TPSA) is 77.3 Å². The van der Waals surface area contributed by atoms with Gasteiger partial charge in [0.05, 0.1) is 57.3 Å². The van der Waals surface area contributed by atoms with Gasteiger partial charge in [-0.1, -0.05) is 101 Å². The van der Waals surface area contributed by atoms with Crippen molar-refractivity contribution in [3.05, 3.63) is 115 Å². The molecule has 2 aromatic carbocycles. The summed E-state index contributed by atoms with van der Waals surface area (Å²) in [6.45, 7) is 4.55. The van der Waals surface area contributed by atoms with E-state index in [1.54, 1.807) is 22.7 Å². The number of nitrogens with zero attached hydrogens (tertiary/aromatic N) is 6. The van der Waals surface area contributed by atoms with Crippen molar-refractivity contribution in [2.75, 3.05) is 0 Å². The lowest BCUT2D eigenvalue weighted by Gasteiger charge is -2.33. The SMILES string of the molecule is CCCCCCc1ccc(C2(c3ccc(CCCCCC)cc3)c3cc(-c4ncc(Br)c5nsnc45)sc3-c3sc(-c4ncc(Br)c5nsnc45)cc32)cc1. The third-order valence-corrected chi connectivity index (χ3v) is 15.5. The first-order valence-electron chi connectivity index (χ1n) is 19.0. The summed E-state index contributed by atoms with van der Waals surface area (Å²) >= 11 is 13.4. The summed E-state index contributed by atoms with van der Waals surface area (Å²) in [6.07, 6.45) is 16.0. The molecule has 6 heterocycles. The summed E-state index contributed by atoms with van der Waals surface area (Å²) in [5, 5.41) is 0. The first-order chi connectivity index (χ1) is 27.0. The van der Waals surface area contributed by atoms with E-state index in [-0.39, 0.29) is 0 Å². The van der Waals surface area contributed by atoms with Crippen LogP contribution in [0.25, 0.3) is 53.0 Å². The third-order valence-electron chi connectivity index (χ3n) is 10.8. The van der Waals surface area contributed by atoms with E-state index < -0.39 is 5.41 Å². The standard InChI is InChI=1S/C43H38Br2N6S4/c1-3-5-7-9-11-25-13-17-27(18-14-25)43(28-19-15-26(16-20-28)12-10-8-6-4-2)29-21-33(37-39-35(48-54-50-39)31(44)23-46-37)52-41(29)42-30(43)22-34(53-42)38-40-36(49-55-51-40)32(45)24-47-38/h13-24H,3-12H2,1-2H3. The van der Waals surface area contributed by atoms with Gasteiger partial charge in [0.15, 0.2) is 0 Å². The molecule has 278 valence electrons. The average Bonchev–Trinajstić information content (AvgIpc) is 4.05. The molecule has 1 aliphatic carbocycles. The fourth-order valence-electron chi connectivity index (χ4n) is 8.05. The minimum atomic E-state index is -0.556. The molecule has 0 bridgehead atoms. The Bertz CT molecular complexity index is 2440. The number of fused-ring (bicyclic) bond motifs is 5. The first-order valence-corrected chi connectivity index (χ1v) is 23.7. The Hall–Kier alpha value is -3.26. The van der Waals surface area contributed by atoms with Gasteiger partial charge in [-0.2, -0.15) is 17.5 Å². The van der Waals surface area contributed by atoms with Crippen LogP contribution < -0.4 is 0 Å². The molecule has 0 amide bonds. The van der Waals surface area contributed by atoms with Crippen LogP contribution >= 0.6 is 78.0 Å². The predicted molar refractivity (Wildman–Crippen MR) is 239 cm³/mol. The minimum absolute atomic E-state index is 0.556. The van der Waals surface area contributed by atoms with Gasteiger partial charge in [-0.05, 0) is 103 Å². The van der Waals surface area contributed by atoms with Crippen molar-refractivity contribution in [2.45, 2.75) is 83.5 Å². The zero-order valence-corrected chi connectivity index (χ0v) is 37.0. The fraction of sp³-hybridized carbons (Fsp3) is 0.302. The van der Waals surface area contributed by atoms with Crippen LogP contribution in [0, 0.1) is 0 Å². The summed E-state index contributed by atoms with van der Waals surface area (Å²) in [5.41, 5.74) is 12.4. The van der Waals surface area contributed by atoms with Crippen molar-refractivity contribution < 1.29 is 0 Å². The predicted octanol–water partition coefficient (Wildman–Crippen LogP) is 14.1. The molecule has 9 rings (SSSR count). The van der Waals surface area contributed by atoms with Crippen LogP contribution in [0.3, 0.4) is 0 Å². The molecule has 6 aromatic heterocycles. The van der Waals surface area contributed by atoms with E-state index in [0.29, 0.717) is 0 Å². The van der Waals surface area contributed by atoms with Crippen LogP contribution in [0.15, 0.2) is 82.0 Å². The zero-order valence-electron chi connectivity index (χ0n) is 30.6. The number of pyridine rings is 2. The molecule has 12 heteroatoms. The quantitative estimate of drug-likeness (QED) is 0.101. The summed E-state index contributed by atoms with van der Waals surface area (Å²) < 4.78 is 20.4. The second-order valence-electron chi connectivity index (χ2n) is 14.3. The molecule has 0 radical (unpaired) electrons. The van der Waals surface area contributed by atoms with Gasteiger partial charge in [-0.25, -0.2) is 0 Å². The summed E-state index contributed by atoms with van der Waals surface area (Å²) in [6, 6.07) is 23.8. The van der Waals surface area contributed by atoms with Crippen molar-refractivity contribution in [3.8, 4) is 30.9 Å². The lowest BCUT2D eigenvalue weighted by Crippen LogP contribution is -2.28. The van der Waals surface area contributed by atoms with Crippen LogP contribution in [0.2, 0.25) is 0 Å². The van der Waals surface area contributed by atoms with Crippen molar-refractivity contribution in [3.63, 3.8) is 0 Å². The number of rotatable bonds is 14. The molecule has 0 N–H and O–H groups in total. The monoisotopic (exact) mass is 924 g/mol. The second-order valence-corrected chi connectivity index (χ2v) is 19.2. The fourth-order valence-corrected chi connectivity index (χ4v) is 12.7. The number of benzene rings is 2. The van der Waals surface area contributed by atoms with Gasteiger partial charge in [-0.3, -0.25) is 9.97 Å². The minimum Gasteiger partial charge on any atom is -0.252 e. The van der Waals surface area contributed by atoms with Gasteiger partial charge < -0.3 is 0 Å². The molecule has 8 aromatic rings. The van der Waals surface area contributed by atoms with Crippen LogP contribution in [-0.4, -0.2) is 27.5 Å². The molecular formula is C43H38Br2N6S4. The smallest absolute Gasteiger partial charge is 0.133 e. The van der Waals surface area contributed by atoms with Gasteiger partial charge in [0.2, 0.25) is 0 Å². The number of hydrogen-bond acceptors (Lipinski definition) is 10. The van der Waals surface area contributed by atoms with E-state index in [2.05, 4.69) is 115 Å². The lowest BCUT2D eigenvalue weighted by atomic mass is 9.68. The summed E-state index contributed by atoms with van der Waals surface area (Å²) in [7, 11) is 0. The van der Waals surface area contributed by atoms with E-state index in [1.807, 2.05) is 12.4 Å². The Morgan fingerprint density at radius 1 is 0.527 bits per heavy atom. The number of aryl methyl sites for hydroxylation is 2. The van der Waals surface area contributed by atoms with E-state index in [4.69, 9.17) is 18.7 Å². The van der Waals surface area contributed by atoms with Crippen LogP contribution in [0.1, 0.15) is 98.6 Å². The number of aromatic nitrogens is 6. The molecule has 0 unspecified atom stereocenters. The van der Waals surface area contributed by atoms with Crippen LogP contribution in [0.5, 0.6) is 0 Å². The average molecular weight is 927 g/mol. The number of halogens is 2. The normalized spacial score (nSPS) is 13.2. The molecule has 1 aliphatic rings. The second kappa shape index (κ2) is 15.9. The Morgan fingerprint density at radius 2 is 0.945 bits per heavy atom. The zero-order chi connectivity index (χ0) is 37.5. The lowest BCUT2D eigenvalue weighted by molar-refractivity contribution is 0.666. The molecule has 6 nitrogen and oxygen atoms in total. The molecule has 0 atom stereocenters. The maximum atomic E-state index is 4.95. The van der Waals surface area contributed by atoms with E-state index in [1.165, 1.54) is 118 Å². The molecule has 0 fully saturated rings. The summed E-state index contributed by atoms with van der Waals surface area (Å²) in [4.78, 5) is 14.6. The highest BCUT2D eigenvalue weighted by Gasteiger charge is 2.49.